The maximum atomic E-state index is 12.7. The SMILES string of the molecule is COC(=O)c1cc(CNC(=O)C2(c3cccc(Cl)c3)CC2)ccc1OC. The van der Waals surface area contributed by atoms with Gasteiger partial charge in [0.05, 0.1) is 19.6 Å². The number of ether oxygens (including phenoxy) is 2. The van der Waals surface area contributed by atoms with E-state index in [2.05, 4.69) is 5.32 Å². The minimum absolute atomic E-state index is 0.0322. The topological polar surface area (TPSA) is 64.6 Å². The number of benzene rings is 2. The molecular formula is C20H20ClNO4. The third-order valence-corrected chi connectivity index (χ3v) is 4.92. The van der Waals surface area contributed by atoms with E-state index in [1.807, 2.05) is 24.3 Å². The Bertz CT molecular complexity index is 845. The second-order valence-corrected chi connectivity index (χ2v) is 6.74. The first kappa shape index (κ1) is 18.3. The number of halogens is 1. The van der Waals surface area contributed by atoms with Crippen LogP contribution in [-0.2, 0) is 21.5 Å². The molecule has 3 rings (SSSR count). The summed E-state index contributed by atoms with van der Waals surface area (Å²) >= 11 is 6.06. The molecule has 2 aromatic carbocycles. The van der Waals surface area contributed by atoms with Crippen molar-refractivity contribution in [2.45, 2.75) is 24.8 Å². The standard InChI is InChI=1S/C20H20ClNO4/c1-25-17-7-6-13(10-16(17)18(23)26-2)12-22-19(24)20(8-9-20)14-4-3-5-15(21)11-14/h3-7,10-11H,8-9,12H2,1-2H3,(H,22,24). The highest BCUT2D eigenvalue weighted by Crippen LogP contribution is 2.48. The molecular weight excluding hydrogens is 354 g/mol. The largest absolute Gasteiger partial charge is 0.496 e. The second-order valence-electron chi connectivity index (χ2n) is 6.30. The number of amides is 1. The highest BCUT2D eigenvalue weighted by atomic mass is 35.5. The Hall–Kier alpha value is -2.53. The van der Waals surface area contributed by atoms with E-state index < -0.39 is 11.4 Å². The molecule has 1 N–H and O–H groups in total. The van der Waals surface area contributed by atoms with Gasteiger partial charge in [-0.05, 0) is 48.2 Å². The summed E-state index contributed by atoms with van der Waals surface area (Å²) in [6, 6.07) is 12.6. The van der Waals surface area contributed by atoms with Crippen LogP contribution in [-0.4, -0.2) is 26.1 Å². The first-order chi connectivity index (χ1) is 12.5. The van der Waals surface area contributed by atoms with Crippen LogP contribution < -0.4 is 10.1 Å². The molecule has 0 aromatic heterocycles. The van der Waals surface area contributed by atoms with E-state index in [1.54, 1.807) is 18.2 Å². The van der Waals surface area contributed by atoms with Crippen LogP contribution in [0.25, 0.3) is 0 Å². The summed E-state index contributed by atoms with van der Waals surface area (Å²) in [7, 11) is 2.81. The molecule has 1 aliphatic carbocycles. The third-order valence-electron chi connectivity index (χ3n) is 4.68. The summed E-state index contributed by atoms with van der Waals surface area (Å²) in [5.41, 5.74) is 1.56. The molecule has 136 valence electrons. The zero-order valence-corrected chi connectivity index (χ0v) is 15.4. The Morgan fingerprint density at radius 3 is 2.54 bits per heavy atom. The average Bonchev–Trinajstić information content (AvgIpc) is 3.47. The molecule has 0 radical (unpaired) electrons. The summed E-state index contributed by atoms with van der Waals surface area (Å²) in [6.07, 6.45) is 1.60. The molecule has 0 spiro atoms. The maximum Gasteiger partial charge on any atom is 0.341 e. The van der Waals surface area contributed by atoms with Gasteiger partial charge in [-0.1, -0.05) is 29.8 Å². The lowest BCUT2D eigenvalue weighted by Gasteiger charge is -2.16. The molecule has 0 unspecified atom stereocenters. The van der Waals surface area contributed by atoms with Crippen molar-refractivity contribution in [2.24, 2.45) is 0 Å². The zero-order chi connectivity index (χ0) is 18.7. The Kier molecular flexibility index (Phi) is 5.18. The molecule has 0 heterocycles. The molecule has 26 heavy (non-hydrogen) atoms. The summed E-state index contributed by atoms with van der Waals surface area (Å²) in [6.45, 7) is 0.315. The third kappa shape index (κ3) is 3.53. The van der Waals surface area contributed by atoms with Gasteiger partial charge in [0.2, 0.25) is 5.91 Å². The first-order valence-electron chi connectivity index (χ1n) is 8.30. The van der Waals surface area contributed by atoms with Crippen molar-refractivity contribution in [3.8, 4) is 5.75 Å². The Morgan fingerprint density at radius 1 is 1.15 bits per heavy atom. The van der Waals surface area contributed by atoms with Gasteiger partial charge in [-0.25, -0.2) is 4.79 Å². The number of esters is 1. The molecule has 0 saturated heterocycles. The smallest absolute Gasteiger partial charge is 0.341 e. The number of carbonyl (C=O) groups is 2. The molecule has 0 aliphatic heterocycles. The van der Waals surface area contributed by atoms with E-state index >= 15 is 0 Å². The number of methoxy groups -OCH3 is 2. The lowest BCUT2D eigenvalue weighted by molar-refractivity contribution is -0.123. The Balaban J connectivity index is 1.73. The van der Waals surface area contributed by atoms with Crippen molar-refractivity contribution in [3.05, 3.63) is 64.2 Å². The van der Waals surface area contributed by atoms with Crippen LogP contribution in [0.4, 0.5) is 0 Å². The van der Waals surface area contributed by atoms with Gasteiger partial charge in [0.25, 0.3) is 0 Å². The summed E-state index contributed by atoms with van der Waals surface area (Å²) in [5.74, 6) is -0.0765. The Morgan fingerprint density at radius 2 is 1.92 bits per heavy atom. The number of rotatable bonds is 6. The predicted octanol–water partition coefficient (Wildman–Crippen LogP) is 3.48. The molecule has 1 aliphatic rings. The molecule has 5 nitrogen and oxygen atoms in total. The highest BCUT2D eigenvalue weighted by molar-refractivity contribution is 6.30. The van der Waals surface area contributed by atoms with Crippen LogP contribution in [0.5, 0.6) is 5.75 Å². The predicted molar refractivity (Wildman–Crippen MR) is 98.5 cm³/mol. The first-order valence-corrected chi connectivity index (χ1v) is 8.67. The van der Waals surface area contributed by atoms with Crippen molar-refractivity contribution in [1.82, 2.24) is 5.32 Å². The van der Waals surface area contributed by atoms with Crippen molar-refractivity contribution in [3.63, 3.8) is 0 Å². The van der Waals surface area contributed by atoms with Gasteiger partial charge in [-0.15, -0.1) is 0 Å². The lowest BCUT2D eigenvalue weighted by atomic mass is 9.95. The summed E-state index contributed by atoms with van der Waals surface area (Å²) in [5, 5.41) is 3.59. The van der Waals surface area contributed by atoms with Crippen molar-refractivity contribution in [2.75, 3.05) is 14.2 Å². The summed E-state index contributed by atoms with van der Waals surface area (Å²) < 4.78 is 9.96. The van der Waals surface area contributed by atoms with Crippen LogP contribution in [0, 0.1) is 0 Å². The summed E-state index contributed by atoms with van der Waals surface area (Å²) in [4.78, 5) is 24.6. The van der Waals surface area contributed by atoms with Gasteiger partial charge in [0.15, 0.2) is 0 Å². The molecule has 2 aromatic rings. The van der Waals surface area contributed by atoms with Gasteiger partial charge in [-0.3, -0.25) is 4.79 Å². The van der Waals surface area contributed by atoms with E-state index in [9.17, 15) is 9.59 Å². The lowest BCUT2D eigenvalue weighted by Crippen LogP contribution is -2.34. The van der Waals surface area contributed by atoms with Gasteiger partial charge in [0.1, 0.15) is 11.3 Å². The fourth-order valence-corrected chi connectivity index (χ4v) is 3.23. The minimum atomic E-state index is -0.497. The molecule has 0 bridgehead atoms. The van der Waals surface area contributed by atoms with Gasteiger partial charge in [0, 0.05) is 11.6 Å². The van der Waals surface area contributed by atoms with E-state index in [0.29, 0.717) is 22.9 Å². The second kappa shape index (κ2) is 7.38. The number of hydrogen-bond acceptors (Lipinski definition) is 4. The highest BCUT2D eigenvalue weighted by Gasteiger charge is 2.51. The van der Waals surface area contributed by atoms with E-state index in [-0.39, 0.29) is 5.91 Å². The van der Waals surface area contributed by atoms with E-state index in [1.165, 1.54) is 14.2 Å². The van der Waals surface area contributed by atoms with Crippen LogP contribution in [0.15, 0.2) is 42.5 Å². The van der Waals surface area contributed by atoms with Crippen LogP contribution in [0.3, 0.4) is 0 Å². The van der Waals surface area contributed by atoms with Crippen LogP contribution >= 0.6 is 11.6 Å². The van der Waals surface area contributed by atoms with Gasteiger partial charge in [-0.2, -0.15) is 0 Å². The van der Waals surface area contributed by atoms with Crippen molar-refractivity contribution in [1.29, 1.82) is 0 Å². The minimum Gasteiger partial charge on any atom is -0.496 e. The normalized spacial score (nSPS) is 14.4. The van der Waals surface area contributed by atoms with Crippen LogP contribution in [0.1, 0.15) is 34.3 Å². The van der Waals surface area contributed by atoms with E-state index in [4.69, 9.17) is 21.1 Å². The number of nitrogens with one attached hydrogen (secondary N) is 1. The van der Waals surface area contributed by atoms with Gasteiger partial charge < -0.3 is 14.8 Å². The quantitative estimate of drug-likeness (QED) is 0.787. The average molecular weight is 374 g/mol. The zero-order valence-electron chi connectivity index (χ0n) is 14.7. The van der Waals surface area contributed by atoms with Gasteiger partial charge >= 0.3 is 5.97 Å². The molecule has 6 heteroatoms. The fourth-order valence-electron chi connectivity index (χ4n) is 3.04. The molecule has 1 fully saturated rings. The number of carbonyl (C=O) groups excluding carboxylic acids is 2. The monoisotopic (exact) mass is 373 g/mol. The number of hydrogen-bond donors (Lipinski definition) is 1. The molecule has 1 saturated carbocycles. The van der Waals surface area contributed by atoms with Crippen LogP contribution in [0.2, 0.25) is 5.02 Å². The molecule has 1 amide bonds. The van der Waals surface area contributed by atoms with Crippen molar-refractivity contribution < 1.29 is 19.1 Å². The fraction of sp³-hybridized carbons (Fsp3) is 0.300. The maximum absolute atomic E-state index is 12.7. The van der Waals surface area contributed by atoms with E-state index in [0.717, 1.165) is 24.0 Å². The van der Waals surface area contributed by atoms with Crippen molar-refractivity contribution >= 4 is 23.5 Å². The Labute approximate surface area is 157 Å². The molecule has 0 atom stereocenters.